The molecule has 0 saturated carbocycles. The molecule has 4 N–H and O–H groups in total. The smallest absolute Gasteiger partial charge is 0.270 e. The van der Waals surface area contributed by atoms with E-state index in [0.29, 0.717) is 0 Å². The van der Waals surface area contributed by atoms with Crippen molar-refractivity contribution >= 4 is 21.6 Å². The lowest BCUT2D eigenvalue weighted by molar-refractivity contribution is -0.385. The van der Waals surface area contributed by atoms with Crippen LogP contribution in [0.2, 0.25) is 0 Å². The van der Waals surface area contributed by atoms with Gasteiger partial charge in [-0.1, -0.05) is 6.07 Å². The zero-order chi connectivity index (χ0) is 16.0. The second kappa shape index (κ2) is 7.11. The van der Waals surface area contributed by atoms with E-state index >= 15 is 0 Å². The maximum atomic E-state index is 11.9. The number of sulfonamides is 1. The molecule has 0 aliphatic carbocycles. The van der Waals surface area contributed by atoms with Crippen LogP contribution in [0.4, 0.5) is 5.69 Å². The van der Waals surface area contributed by atoms with Gasteiger partial charge in [0.15, 0.2) is 0 Å². The van der Waals surface area contributed by atoms with E-state index in [-0.39, 0.29) is 23.7 Å². The molecule has 21 heavy (non-hydrogen) atoms. The first kappa shape index (κ1) is 17.0. The van der Waals surface area contributed by atoms with E-state index in [0.717, 1.165) is 6.07 Å². The molecule has 0 fully saturated rings. The zero-order valence-electron chi connectivity index (χ0n) is 11.3. The van der Waals surface area contributed by atoms with Gasteiger partial charge in [0, 0.05) is 25.2 Å². The van der Waals surface area contributed by atoms with Gasteiger partial charge < -0.3 is 11.1 Å². The van der Waals surface area contributed by atoms with E-state index in [9.17, 15) is 23.3 Å². The molecule has 116 valence electrons. The number of benzene rings is 1. The van der Waals surface area contributed by atoms with E-state index in [4.69, 9.17) is 5.73 Å². The number of carbonyl (C=O) groups is 1. The van der Waals surface area contributed by atoms with Gasteiger partial charge in [0.2, 0.25) is 15.9 Å². The molecular formula is C11H16N4O5S. The molecule has 1 amide bonds. The van der Waals surface area contributed by atoms with Crippen molar-refractivity contribution in [2.45, 2.75) is 17.9 Å². The highest BCUT2D eigenvalue weighted by atomic mass is 32.2. The molecule has 1 rings (SSSR count). The Morgan fingerprint density at radius 1 is 1.43 bits per heavy atom. The third-order valence-corrected chi connectivity index (χ3v) is 3.93. The van der Waals surface area contributed by atoms with Crippen molar-refractivity contribution in [1.82, 2.24) is 10.0 Å². The fourth-order valence-electron chi connectivity index (χ4n) is 1.38. The number of nitro groups is 1. The van der Waals surface area contributed by atoms with Crippen LogP contribution in [-0.2, 0) is 14.8 Å². The van der Waals surface area contributed by atoms with Crippen molar-refractivity contribution in [2.75, 3.05) is 13.1 Å². The van der Waals surface area contributed by atoms with Crippen LogP contribution in [-0.4, -0.2) is 38.4 Å². The number of rotatable bonds is 7. The predicted molar refractivity (Wildman–Crippen MR) is 74.9 cm³/mol. The van der Waals surface area contributed by atoms with E-state index in [1.807, 2.05) is 0 Å². The van der Waals surface area contributed by atoms with Crippen molar-refractivity contribution in [3.05, 3.63) is 34.4 Å². The Bertz CT molecular complexity index is 629. The summed E-state index contributed by atoms with van der Waals surface area (Å²) in [7, 11) is -3.87. The van der Waals surface area contributed by atoms with Crippen LogP contribution in [0.25, 0.3) is 0 Å². The third-order valence-electron chi connectivity index (χ3n) is 2.47. The Labute approximate surface area is 121 Å². The minimum atomic E-state index is -3.87. The maximum Gasteiger partial charge on any atom is 0.270 e. The Morgan fingerprint density at radius 3 is 2.67 bits per heavy atom. The number of nitrogens with one attached hydrogen (secondary N) is 2. The lowest BCUT2D eigenvalue weighted by Crippen LogP contribution is -2.41. The van der Waals surface area contributed by atoms with Crippen LogP contribution in [0.1, 0.15) is 6.92 Å². The zero-order valence-corrected chi connectivity index (χ0v) is 12.1. The van der Waals surface area contributed by atoms with Crippen LogP contribution < -0.4 is 15.8 Å². The monoisotopic (exact) mass is 316 g/mol. The second-order valence-electron chi connectivity index (χ2n) is 4.23. The van der Waals surface area contributed by atoms with Crippen molar-refractivity contribution in [3.8, 4) is 0 Å². The minimum Gasteiger partial charge on any atom is -0.353 e. The highest BCUT2D eigenvalue weighted by Gasteiger charge is 2.17. The summed E-state index contributed by atoms with van der Waals surface area (Å²) < 4.78 is 26.1. The van der Waals surface area contributed by atoms with Crippen molar-refractivity contribution in [3.63, 3.8) is 0 Å². The van der Waals surface area contributed by atoms with E-state index in [1.165, 1.54) is 25.1 Å². The van der Waals surface area contributed by atoms with Crippen molar-refractivity contribution in [1.29, 1.82) is 0 Å². The fraction of sp³-hybridized carbons (Fsp3) is 0.364. The summed E-state index contributed by atoms with van der Waals surface area (Å²) in [6.07, 6.45) is 0. The minimum absolute atomic E-state index is 0.0521. The number of hydrogen-bond acceptors (Lipinski definition) is 6. The number of hydrogen-bond donors (Lipinski definition) is 3. The number of amides is 1. The van der Waals surface area contributed by atoms with Gasteiger partial charge in [-0.3, -0.25) is 14.9 Å². The molecule has 0 aliphatic rings. The van der Waals surface area contributed by atoms with Gasteiger partial charge in [-0.25, -0.2) is 13.1 Å². The topological polar surface area (TPSA) is 144 Å². The molecule has 0 aliphatic heterocycles. The van der Waals surface area contributed by atoms with Crippen molar-refractivity contribution < 1.29 is 18.1 Å². The molecule has 0 unspecified atom stereocenters. The molecular weight excluding hydrogens is 300 g/mol. The molecule has 0 saturated heterocycles. The summed E-state index contributed by atoms with van der Waals surface area (Å²) in [4.78, 5) is 20.9. The second-order valence-corrected chi connectivity index (χ2v) is 6.00. The Kier molecular flexibility index (Phi) is 5.76. The average Bonchev–Trinajstić information content (AvgIpc) is 2.43. The standard InChI is InChI=1S/C11H16N4O5S/c1-8(12)11(16)13-5-6-14-21(19,20)10-4-2-3-9(7-10)15(17)18/h2-4,7-8,14H,5-6,12H2,1H3,(H,13,16)/t8-/m1/s1. The largest absolute Gasteiger partial charge is 0.353 e. The molecule has 0 bridgehead atoms. The van der Waals surface area contributed by atoms with E-state index < -0.39 is 26.9 Å². The predicted octanol–water partition coefficient (Wildman–Crippen LogP) is -0.663. The van der Waals surface area contributed by atoms with E-state index in [1.54, 1.807) is 0 Å². The van der Waals surface area contributed by atoms with Gasteiger partial charge in [-0.2, -0.15) is 0 Å². The first-order valence-electron chi connectivity index (χ1n) is 6.01. The number of carbonyl (C=O) groups excluding carboxylic acids is 1. The molecule has 10 heteroatoms. The summed E-state index contributed by atoms with van der Waals surface area (Å²) in [5, 5.41) is 13.0. The van der Waals surface area contributed by atoms with Gasteiger partial charge in [-0.15, -0.1) is 0 Å². The van der Waals surface area contributed by atoms with Crippen LogP contribution in [0.5, 0.6) is 0 Å². The summed E-state index contributed by atoms with van der Waals surface area (Å²) in [5.41, 5.74) is 5.01. The summed E-state index contributed by atoms with van der Waals surface area (Å²) in [5.74, 6) is -0.399. The third kappa shape index (κ3) is 5.10. The lowest BCUT2D eigenvalue weighted by Gasteiger charge is -2.09. The summed E-state index contributed by atoms with van der Waals surface area (Å²) in [6, 6.07) is 4.00. The van der Waals surface area contributed by atoms with Crippen LogP contribution >= 0.6 is 0 Å². The average molecular weight is 316 g/mol. The fourth-order valence-corrected chi connectivity index (χ4v) is 2.45. The molecule has 1 aromatic rings. The number of nitrogens with two attached hydrogens (primary N) is 1. The highest BCUT2D eigenvalue weighted by molar-refractivity contribution is 7.89. The molecule has 0 heterocycles. The molecule has 1 atom stereocenters. The Balaban J connectivity index is 2.64. The maximum absolute atomic E-state index is 11.9. The number of non-ortho nitro benzene ring substituents is 1. The van der Waals surface area contributed by atoms with Gasteiger partial charge in [0.05, 0.1) is 15.9 Å². The van der Waals surface area contributed by atoms with E-state index in [2.05, 4.69) is 10.0 Å². The molecule has 0 radical (unpaired) electrons. The molecule has 9 nitrogen and oxygen atoms in total. The first-order valence-corrected chi connectivity index (χ1v) is 7.50. The first-order chi connectivity index (χ1) is 9.74. The van der Waals surface area contributed by atoms with Crippen LogP contribution in [0.15, 0.2) is 29.2 Å². The SMILES string of the molecule is C[C@@H](N)C(=O)NCCNS(=O)(=O)c1cccc([N+](=O)[O-])c1. The summed E-state index contributed by atoms with van der Waals surface area (Å²) in [6.45, 7) is 1.51. The van der Waals surface area contributed by atoms with Gasteiger partial charge in [0.1, 0.15) is 0 Å². The Hall–Kier alpha value is -2.04. The molecule has 0 aromatic heterocycles. The highest BCUT2D eigenvalue weighted by Crippen LogP contribution is 2.16. The molecule has 0 spiro atoms. The summed E-state index contributed by atoms with van der Waals surface area (Å²) >= 11 is 0. The van der Waals surface area contributed by atoms with Gasteiger partial charge in [-0.05, 0) is 13.0 Å². The van der Waals surface area contributed by atoms with Crippen molar-refractivity contribution in [2.24, 2.45) is 5.73 Å². The van der Waals surface area contributed by atoms with Gasteiger partial charge in [0.25, 0.3) is 5.69 Å². The number of nitro benzene ring substituents is 1. The normalized spacial score (nSPS) is 12.7. The quantitative estimate of drug-likeness (QED) is 0.346. The number of nitrogens with zero attached hydrogens (tertiary/aromatic N) is 1. The molecule has 1 aromatic carbocycles. The van der Waals surface area contributed by atoms with Crippen LogP contribution in [0.3, 0.4) is 0 Å². The lowest BCUT2D eigenvalue weighted by atomic mass is 10.3. The Morgan fingerprint density at radius 2 is 2.10 bits per heavy atom. The van der Waals surface area contributed by atoms with Crippen LogP contribution in [0, 0.1) is 10.1 Å². The van der Waals surface area contributed by atoms with Gasteiger partial charge >= 0.3 is 0 Å².